The van der Waals surface area contributed by atoms with Gasteiger partial charge in [0, 0.05) is 17.1 Å². The summed E-state index contributed by atoms with van der Waals surface area (Å²) in [5.74, 6) is 0.426. The van der Waals surface area contributed by atoms with Gasteiger partial charge < -0.3 is 10.1 Å². The molecule has 7 nitrogen and oxygen atoms in total. The van der Waals surface area contributed by atoms with E-state index in [1.807, 2.05) is 67.6 Å². The van der Waals surface area contributed by atoms with Gasteiger partial charge in [0.25, 0.3) is 0 Å². The molecule has 0 aliphatic heterocycles. The molecule has 0 spiro atoms. The average Bonchev–Trinajstić information content (AvgIpc) is 3.30. The lowest BCUT2D eigenvalue weighted by atomic mass is 10.1. The van der Waals surface area contributed by atoms with Crippen LogP contribution in [0.5, 0.6) is 5.75 Å². The van der Waals surface area contributed by atoms with Gasteiger partial charge in [-0.05, 0) is 72.1 Å². The van der Waals surface area contributed by atoms with E-state index in [4.69, 9.17) is 22.1 Å². The molecule has 0 radical (unpaired) electrons. The highest BCUT2D eigenvalue weighted by Gasteiger charge is 2.12. The SMILES string of the molecule is COc1ccc(/C=C/C(=O)NC(=S)Nc2cc3nn(-c4cccc5ccccc45)nc3cc2C)cc1. The molecule has 1 heterocycles. The first kappa shape index (κ1) is 23.2. The summed E-state index contributed by atoms with van der Waals surface area (Å²) in [7, 11) is 1.61. The monoisotopic (exact) mass is 493 g/mol. The Morgan fingerprint density at radius 3 is 2.47 bits per heavy atom. The highest BCUT2D eigenvalue weighted by molar-refractivity contribution is 7.80. The molecular formula is C28H23N5O2S. The summed E-state index contributed by atoms with van der Waals surface area (Å²) in [6.07, 6.45) is 3.14. The Morgan fingerprint density at radius 1 is 0.972 bits per heavy atom. The summed E-state index contributed by atoms with van der Waals surface area (Å²) >= 11 is 5.36. The van der Waals surface area contributed by atoms with Crippen molar-refractivity contribution in [2.75, 3.05) is 12.4 Å². The average molecular weight is 494 g/mol. The summed E-state index contributed by atoms with van der Waals surface area (Å²) in [6.45, 7) is 1.95. The van der Waals surface area contributed by atoms with Crippen molar-refractivity contribution in [1.29, 1.82) is 0 Å². The van der Waals surface area contributed by atoms with Crippen molar-refractivity contribution in [3.8, 4) is 11.4 Å². The number of aryl methyl sites for hydroxylation is 1. The van der Waals surface area contributed by atoms with Gasteiger partial charge in [-0.2, -0.15) is 0 Å². The number of carbonyl (C=O) groups is 1. The molecule has 178 valence electrons. The molecule has 5 aromatic rings. The van der Waals surface area contributed by atoms with E-state index in [-0.39, 0.29) is 11.0 Å². The predicted octanol–water partition coefficient (Wildman–Crippen LogP) is 5.42. The van der Waals surface area contributed by atoms with E-state index in [1.165, 1.54) is 6.08 Å². The number of nitrogens with one attached hydrogen (secondary N) is 2. The summed E-state index contributed by atoms with van der Waals surface area (Å²) in [5, 5.41) is 17.5. The first-order valence-corrected chi connectivity index (χ1v) is 11.7. The lowest BCUT2D eigenvalue weighted by molar-refractivity contribution is -0.115. The number of anilines is 1. The van der Waals surface area contributed by atoms with Gasteiger partial charge >= 0.3 is 0 Å². The minimum Gasteiger partial charge on any atom is -0.497 e. The number of methoxy groups -OCH3 is 1. The van der Waals surface area contributed by atoms with Crippen molar-refractivity contribution in [2.24, 2.45) is 0 Å². The number of ether oxygens (including phenoxy) is 1. The molecule has 1 aromatic heterocycles. The number of carbonyl (C=O) groups excluding carboxylic acids is 1. The van der Waals surface area contributed by atoms with Crippen molar-refractivity contribution in [3.05, 3.63) is 96.1 Å². The minimum absolute atomic E-state index is 0.197. The molecule has 0 saturated heterocycles. The molecule has 0 fully saturated rings. The number of hydrogen-bond acceptors (Lipinski definition) is 5. The maximum atomic E-state index is 12.3. The normalized spacial score (nSPS) is 11.2. The van der Waals surface area contributed by atoms with Crippen molar-refractivity contribution in [3.63, 3.8) is 0 Å². The van der Waals surface area contributed by atoms with Gasteiger partial charge in [-0.1, -0.05) is 48.5 Å². The highest BCUT2D eigenvalue weighted by Crippen LogP contribution is 2.25. The molecule has 2 N–H and O–H groups in total. The second-order valence-electron chi connectivity index (χ2n) is 8.19. The molecule has 4 aromatic carbocycles. The van der Waals surface area contributed by atoms with Crippen LogP contribution in [0.3, 0.4) is 0 Å². The maximum Gasteiger partial charge on any atom is 0.250 e. The van der Waals surface area contributed by atoms with Crippen molar-refractivity contribution < 1.29 is 9.53 Å². The van der Waals surface area contributed by atoms with Crippen molar-refractivity contribution in [1.82, 2.24) is 20.3 Å². The van der Waals surface area contributed by atoms with Gasteiger partial charge in [0.2, 0.25) is 5.91 Å². The first-order chi connectivity index (χ1) is 17.5. The van der Waals surface area contributed by atoms with E-state index in [0.717, 1.165) is 44.5 Å². The van der Waals surface area contributed by atoms with Crippen LogP contribution in [0, 0.1) is 6.92 Å². The smallest absolute Gasteiger partial charge is 0.250 e. The topological polar surface area (TPSA) is 81.1 Å². The largest absolute Gasteiger partial charge is 0.497 e. The van der Waals surface area contributed by atoms with Crippen LogP contribution >= 0.6 is 12.2 Å². The van der Waals surface area contributed by atoms with Crippen molar-refractivity contribution in [2.45, 2.75) is 6.92 Å². The molecule has 8 heteroatoms. The van der Waals surface area contributed by atoms with Crippen LogP contribution in [0.15, 0.2) is 84.9 Å². The van der Waals surface area contributed by atoms with Crippen LogP contribution in [-0.4, -0.2) is 33.1 Å². The van der Waals surface area contributed by atoms with Gasteiger partial charge in [0.15, 0.2) is 5.11 Å². The fourth-order valence-corrected chi connectivity index (χ4v) is 4.10. The third-order valence-electron chi connectivity index (χ3n) is 5.74. The second-order valence-corrected chi connectivity index (χ2v) is 8.60. The van der Waals surface area contributed by atoms with Gasteiger partial charge in [0.05, 0.1) is 12.8 Å². The van der Waals surface area contributed by atoms with Crippen LogP contribution in [0.25, 0.3) is 33.6 Å². The highest BCUT2D eigenvalue weighted by atomic mass is 32.1. The van der Waals surface area contributed by atoms with Crippen LogP contribution in [0.4, 0.5) is 5.69 Å². The van der Waals surface area contributed by atoms with Crippen LogP contribution in [0.2, 0.25) is 0 Å². The van der Waals surface area contributed by atoms with Gasteiger partial charge in [-0.25, -0.2) is 0 Å². The Kier molecular flexibility index (Phi) is 6.42. The third-order valence-corrected chi connectivity index (χ3v) is 5.94. The summed E-state index contributed by atoms with van der Waals surface area (Å²) in [4.78, 5) is 14.0. The van der Waals surface area contributed by atoms with Crippen LogP contribution < -0.4 is 15.4 Å². The van der Waals surface area contributed by atoms with Gasteiger partial charge in [0.1, 0.15) is 16.8 Å². The molecular weight excluding hydrogens is 470 g/mol. The lowest BCUT2D eigenvalue weighted by Crippen LogP contribution is -2.33. The number of rotatable bonds is 5. The zero-order chi connectivity index (χ0) is 25.1. The molecule has 0 unspecified atom stereocenters. The number of amides is 1. The standard InChI is InChI=1S/C28H23N5O2S/c1-18-16-24-25(32-33(31-24)26-9-5-7-20-6-3-4-8-22(20)26)17-23(18)29-28(36)30-27(34)15-12-19-10-13-21(35-2)14-11-19/h3-17H,1-2H3,(H2,29,30,34,36)/b15-12+. The van der Waals surface area contributed by atoms with Crippen LogP contribution in [0.1, 0.15) is 11.1 Å². The van der Waals surface area contributed by atoms with E-state index < -0.39 is 0 Å². The molecule has 0 aliphatic rings. The predicted molar refractivity (Wildman–Crippen MR) is 147 cm³/mol. The number of benzene rings is 4. The van der Waals surface area contributed by atoms with Crippen molar-refractivity contribution >= 4 is 56.8 Å². The number of hydrogen-bond donors (Lipinski definition) is 2. The quantitative estimate of drug-likeness (QED) is 0.251. The molecule has 0 saturated carbocycles. The Morgan fingerprint density at radius 2 is 1.69 bits per heavy atom. The Bertz CT molecular complexity index is 1620. The lowest BCUT2D eigenvalue weighted by Gasteiger charge is -2.10. The zero-order valence-corrected chi connectivity index (χ0v) is 20.5. The number of nitrogens with zero attached hydrogens (tertiary/aromatic N) is 3. The van der Waals surface area contributed by atoms with Gasteiger partial charge in [-0.3, -0.25) is 10.1 Å². The molecule has 0 aliphatic carbocycles. The van der Waals surface area contributed by atoms with E-state index in [9.17, 15) is 4.79 Å². The molecule has 5 rings (SSSR count). The molecule has 36 heavy (non-hydrogen) atoms. The zero-order valence-electron chi connectivity index (χ0n) is 19.7. The summed E-state index contributed by atoms with van der Waals surface area (Å²) < 4.78 is 5.14. The Balaban J connectivity index is 1.31. The second kappa shape index (κ2) is 9.97. The fourth-order valence-electron chi connectivity index (χ4n) is 3.89. The first-order valence-electron chi connectivity index (χ1n) is 11.3. The summed E-state index contributed by atoms with van der Waals surface area (Å²) in [5.41, 5.74) is 4.94. The summed E-state index contributed by atoms with van der Waals surface area (Å²) in [6, 6.07) is 25.4. The number of aromatic nitrogens is 3. The van der Waals surface area contributed by atoms with E-state index in [1.54, 1.807) is 18.0 Å². The number of fused-ring (bicyclic) bond motifs is 2. The van der Waals surface area contributed by atoms with Gasteiger partial charge in [-0.15, -0.1) is 15.0 Å². The minimum atomic E-state index is -0.330. The van der Waals surface area contributed by atoms with E-state index in [2.05, 4.69) is 33.9 Å². The maximum absolute atomic E-state index is 12.3. The Hall–Kier alpha value is -4.56. The molecule has 0 atom stereocenters. The van der Waals surface area contributed by atoms with Crippen LogP contribution in [-0.2, 0) is 4.79 Å². The Labute approximate surface area is 213 Å². The molecule has 0 bridgehead atoms. The van der Waals surface area contributed by atoms with E-state index in [0.29, 0.717) is 5.52 Å². The number of thiocarbonyl (C=S) groups is 1. The fraction of sp³-hybridized carbons (Fsp3) is 0.0714. The molecule has 1 amide bonds. The van der Waals surface area contributed by atoms with E-state index >= 15 is 0 Å². The third kappa shape index (κ3) is 4.94.